The molecule has 1 N–H and O–H groups in total. The minimum Gasteiger partial charge on any atom is -0.460 e. The Balaban J connectivity index is 1.49. The standard InChI is InChI=1S/C23H20N4O4S/c1-15-8-10-20(31-15)22-17(12-27(26-22)19-6-4-3-5-7-19)9-11-21(29)30-13-18-14-32-23(25-18)24-16(2)28/h3-12,14H,13H2,1-2H3,(H,24,25,28)/b11-9+. The smallest absolute Gasteiger partial charge is 0.331 e. The molecule has 1 aromatic carbocycles. The zero-order valence-corrected chi connectivity index (χ0v) is 18.3. The lowest BCUT2D eigenvalue weighted by Gasteiger charge is -1.99. The normalized spacial score (nSPS) is 11.1. The predicted molar refractivity (Wildman–Crippen MR) is 121 cm³/mol. The molecule has 0 aliphatic heterocycles. The summed E-state index contributed by atoms with van der Waals surface area (Å²) in [7, 11) is 0. The summed E-state index contributed by atoms with van der Waals surface area (Å²) in [5.41, 5.74) is 2.77. The number of aromatic nitrogens is 3. The molecule has 1 amide bonds. The van der Waals surface area contributed by atoms with Crippen molar-refractivity contribution >= 4 is 34.4 Å². The summed E-state index contributed by atoms with van der Waals surface area (Å²) in [6, 6.07) is 13.4. The summed E-state index contributed by atoms with van der Waals surface area (Å²) in [4.78, 5) is 27.5. The number of benzene rings is 1. The second-order valence-corrected chi connectivity index (χ2v) is 7.75. The van der Waals surface area contributed by atoms with Crippen LogP contribution in [0.3, 0.4) is 0 Å². The van der Waals surface area contributed by atoms with Gasteiger partial charge in [0.2, 0.25) is 5.91 Å². The van der Waals surface area contributed by atoms with E-state index in [1.807, 2.05) is 55.6 Å². The third-order valence-corrected chi connectivity index (χ3v) is 5.14. The van der Waals surface area contributed by atoms with Gasteiger partial charge in [-0.15, -0.1) is 11.3 Å². The highest BCUT2D eigenvalue weighted by atomic mass is 32.1. The molecule has 9 heteroatoms. The van der Waals surface area contributed by atoms with Crippen molar-refractivity contribution in [3.05, 3.63) is 77.1 Å². The van der Waals surface area contributed by atoms with Crippen molar-refractivity contribution in [2.45, 2.75) is 20.5 Å². The molecular formula is C23H20N4O4S. The average Bonchev–Trinajstić information content (AvgIpc) is 3.51. The van der Waals surface area contributed by atoms with Crippen LogP contribution >= 0.6 is 11.3 Å². The molecule has 162 valence electrons. The molecule has 4 aromatic rings. The van der Waals surface area contributed by atoms with Gasteiger partial charge in [0.15, 0.2) is 10.9 Å². The highest BCUT2D eigenvalue weighted by molar-refractivity contribution is 7.13. The van der Waals surface area contributed by atoms with Crippen LogP contribution in [0.15, 0.2) is 64.5 Å². The minimum absolute atomic E-state index is 0.00672. The number of ether oxygens (including phenoxy) is 1. The van der Waals surface area contributed by atoms with Crippen LogP contribution in [0, 0.1) is 6.92 Å². The van der Waals surface area contributed by atoms with Gasteiger partial charge in [0.25, 0.3) is 0 Å². The summed E-state index contributed by atoms with van der Waals surface area (Å²) in [5, 5.41) is 9.42. The summed E-state index contributed by atoms with van der Waals surface area (Å²) in [5.74, 6) is 0.654. The van der Waals surface area contributed by atoms with Crippen LogP contribution in [0.4, 0.5) is 5.13 Å². The molecule has 0 unspecified atom stereocenters. The monoisotopic (exact) mass is 448 g/mol. The zero-order chi connectivity index (χ0) is 22.5. The van der Waals surface area contributed by atoms with E-state index >= 15 is 0 Å². The van der Waals surface area contributed by atoms with Crippen LogP contribution < -0.4 is 5.32 Å². The van der Waals surface area contributed by atoms with Gasteiger partial charge >= 0.3 is 5.97 Å². The van der Waals surface area contributed by atoms with Crippen LogP contribution in [0.5, 0.6) is 0 Å². The first-order chi connectivity index (χ1) is 15.5. The topological polar surface area (TPSA) is 99.2 Å². The molecule has 8 nitrogen and oxygen atoms in total. The average molecular weight is 449 g/mol. The lowest BCUT2D eigenvalue weighted by Crippen LogP contribution is -2.06. The van der Waals surface area contributed by atoms with Crippen LogP contribution in [-0.4, -0.2) is 26.6 Å². The van der Waals surface area contributed by atoms with Crippen molar-refractivity contribution in [1.82, 2.24) is 14.8 Å². The number of rotatable bonds is 7. The molecule has 0 bridgehead atoms. The van der Waals surface area contributed by atoms with E-state index in [0.29, 0.717) is 27.8 Å². The Kier molecular flexibility index (Phi) is 6.27. The number of para-hydroxylation sites is 1. The van der Waals surface area contributed by atoms with Crippen molar-refractivity contribution in [3.8, 4) is 17.1 Å². The number of aryl methyl sites for hydroxylation is 1. The first-order valence-corrected chi connectivity index (χ1v) is 10.6. The van der Waals surface area contributed by atoms with Gasteiger partial charge in [-0.1, -0.05) is 18.2 Å². The van der Waals surface area contributed by atoms with Crippen LogP contribution in [0.2, 0.25) is 0 Å². The third kappa shape index (κ3) is 5.19. The first kappa shape index (κ1) is 21.3. The molecule has 0 atom stereocenters. The number of thiazole rings is 1. The first-order valence-electron chi connectivity index (χ1n) is 9.76. The second-order valence-electron chi connectivity index (χ2n) is 6.89. The van der Waals surface area contributed by atoms with Crippen LogP contribution in [-0.2, 0) is 20.9 Å². The summed E-state index contributed by atoms with van der Waals surface area (Å²) in [6.07, 6.45) is 4.81. The third-order valence-electron chi connectivity index (χ3n) is 4.33. The SMILES string of the molecule is CC(=O)Nc1nc(COC(=O)/C=C/c2cn(-c3ccccc3)nc2-c2ccc(C)o2)cs1. The van der Waals surface area contributed by atoms with Gasteiger partial charge in [-0.3, -0.25) is 4.79 Å². The maximum atomic E-state index is 12.2. The number of furan rings is 1. The van der Waals surface area contributed by atoms with Gasteiger partial charge in [0.1, 0.15) is 18.1 Å². The molecule has 0 radical (unpaired) electrons. The number of nitrogens with zero attached hydrogens (tertiary/aromatic N) is 3. The van der Waals surface area contributed by atoms with E-state index < -0.39 is 5.97 Å². The Bertz CT molecular complexity index is 1270. The van der Waals surface area contributed by atoms with E-state index in [2.05, 4.69) is 15.4 Å². The molecule has 32 heavy (non-hydrogen) atoms. The van der Waals surface area contributed by atoms with Crippen molar-refractivity contribution in [1.29, 1.82) is 0 Å². The quantitative estimate of drug-likeness (QED) is 0.327. The maximum absolute atomic E-state index is 12.2. The molecule has 3 heterocycles. The van der Waals surface area contributed by atoms with Crippen LogP contribution in [0.1, 0.15) is 23.9 Å². The van der Waals surface area contributed by atoms with Gasteiger partial charge in [-0.25, -0.2) is 14.5 Å². The Morgan fingerprint density at radius 2 is 2.03 bits per heavy atom. The highest BCUT2D eigenvalue weighted by Crippen LogP contribution is 2.26. The fourth-order valence-electron chi connectivity index (χ4n) is 2.91. The lowest BCUT2D eigenvalue weighted by molar-refractivity contribution is -0.139. The number of carbonyl (C=O) groups is 2. The van der Waals surface area contributed by atoms with Gasteiger partial charge in [0.05, 0.1) is 11.4 Å². The van der Waals surface area contributed by atoms with Gasteiger partial charge < -0.3 is 14.5 Å². The molecule has 4 rings (SSSR count). The summed E-state index contributed by atoms with van der Waals surface area (Å²) < 4.78 is 12.7. The molecule has 0 saturated heterocycles. The van der Waals surface area contributed by atoms with Gasteiger partial charge in [-0.05, 0) is 37.3 Å². The molecule has 0 aliphatic carbocycles. The number of esters is 1. The van der Waals surface area contributed by atoms with Crippen LogP contribution in [0.25, 0.3) is 23.2 Å². The van der Waals surface area contributed by atoms with E-state index in [-0.39, 0.29) is 12.5 Å². The maximum Gasteiger partial charge on any atom is 0.331 e. The number of nitrogens with one attached hydrogen (secondary N) is 1. The second kappa shape index (κ2) is 9.44. The van der Waals surface area contributed by atoms with Crippen molar-refractivity contribution in [2.24, 2.45) is 0 Å². The minimum atomic E-state index is -0.520. The molecule has 0 spiro atoms. The molecule has 0 aliphatic rings. The van der Waals surface area contributed by atoms with E-state index in [9.17, 15) is 9.59 Å². The van der Waals surface area contributed by atoms with E-state index in [1.165, 1.54) is 24.3 Å². The number of anilines is 1. The van der Waals surface area contributed by atoms with E-state index in [1.54, 1.807) is 16.1 Å². The number of hydrogen-bond acceptors (Lipinski definition) is 7. The zero-order valence-electron chi connectivity index (χ0n) is 17.4. The number of hydrogen-bond donors (Lipinski definition) is 1. The fourth-order valence-corrected chi connectivity index (χ4v) is 3.65. The Labute approximate surface area is 188 Å². The lowest BCUT2D eigenvalue weighted by atomic mass is 10.2. The van der Waals surface area contributed by atoms with Crippen molar-refractivity contribution in [2.75, 3.05) is 5.32 Å². The Morgan fingerprint density at radius 3 is 2.75 bits per heavy atom. The molecule has 3 aromatic heterocycles. The number of amides is 1. The highest BCUT2D eigenvalue weighted by Gasteiger charge is 2.14. The van der Waals surface area contributed by atoms with E-state index in [0.717, 1.165) is 11.4 Å². The predicted octanol–water partition coefficient (Wildman–Crippen LogP) is 4.61. The molecule has 0 fully saturated rings. The largest absolute Gasteiger partial charge is 0.460 e. The van der Waals surface area contributed by atoms with E-state index in [4.69, 9.17) is 9.15 Å². The van der Waals surface area contributed by atoms with Gasteiger partial charge in [-0.2, -0.15) is 5.10 Å². The Morgan fingerprint density at radius 1 is 1.22 bits per heavy atom. The number of carbonyl (C=O) groups excluding carboxylic acids is 2. The fraction of sp³-hybridized carbons (Fsp3) is 0.130. The molecule has 0 saturated carbocycles. The molecular weight excluding hydrogens is 428 g/mol. The van der Waals surface area contributed by atoms with Crippen molar-refractivity contribution in [3.63, 3.8) is 0 Å². The van der Waals surface area contributed by atoms with Crippen molar-refractivity contribution < 1.29 is 18.7 Å². The summed E-state index contributed by atoms with van der Waals surface area (Å²) >= 11 is 1.27. The van der Waals surface area contributed by atoms with Gasteiger partial charge in [0, 0.05) is 30.1 Å². The Hall–Kier alpha value is -3.98. The summed E-state index contributed by atoms with van der Waals surface area (Å²) in [6.45, 7) is 3.28.